The van der Waals surface area contributed by atoms with Gasteiger partial charge in [0.2, 0.25) is 0 Å². The maximum Gasteiger partial charge on any atom is 0.472 e. The summed E-state index contributed by atoms with van der Waals surface area (Å²) in [5.74, 6) is -2.03. The van der Waals surface area contributed by atoms with Crippen LogP contribution in [0.2, 0.25) is 0 Å². The molecule has 0 saturated carbocycles. The van der Waals surface area contributed by atoms with E-state index in [1.54, 1.807) is 121 Å². The Bertz CT molecular complexity index is 6940. The van der Waals surface area contributed by atoms with Crippen molar-refractivity contribution in [3.63, 3.8) is 0 Å². The summed E-state index contributed by atoms with van der Waals surface area (Å²) in [6, 6.07) is 25.7. The number of H-pyrrole nitrogens is 2. The molecule has 8 bridgehead atoms. The van der Waals surface area contributed by atoms with Crippen molar-refractivity contribution in [1.82, 2.24) is 79.4 Å². The summed E-state index contributed by atoms with van der Waals surface area (Å²) in [4.78, 5) is 200. The minimum atomic E-state index is -5.43. The molecule has 11 aliphatic rings. The van der Waals surface area contributed by atoms with Gasteiger partial charge in [-0.05, 0) is 110 Å². The van der Waals surface area contributed by atoms with E-state index in [-0.39, 0.29) is 132 Å². The molecule has 21 rings (SSSR count). The number of hydrogen-bond donors (Lipinski definition) is 14. The molecule has 17 heterocycles. The Kier molecular flexibility index (Phi) is 35.0. The molecule has 4 amide bonds. The highest BCUT2D eigenvalue weighted by atomic mass is 31.2. The van der Waals surface area contributed by atoms with Gasteiger partial charge in [-0.2, -0.15) is 0 Å². The number of imidazole rings is 2. The van der Waals surface area contributed by atoms with Gasteiger partial charge in [-0.3, -0.25) is 111 Å². The van der Waals surface area contributed by atoms with E-state index >= 15 is 0 Å². The second-order valence-corrected chi connectivity index (χ2v) is 41.6. The van der Waals surface area contributed by atoms with Crippen molar-refractivity contribution in [2.24, 2.45) is 0 Å². The number of hydrogen-bond acceptors (Lipinski definition) is 38. The van der Waals surface area contributed by atoms with E-state index < -0.39 is 233 Å². The van der Waals surface area contributed by atoms with E-state index in [0.717, 1.165) is 27.9 Å². The first kappa shape index (κ1) is 107. The summed E-state index contributed by atoms with van der Waals surface area (Å²) in [5.41, 5.74) is 13.2. The molecule has 16 N–H and O–H groups in total. The fourth-order valence-corrected chi connectivity index (χ4v) is 20.9. The smallest absolute Gasteiger partial charge is 0.382 e. The van der Waals surface area contributed by atoms with Crippen LogP contribution in [0, 0.1) is 13.8 Å². The van der Waals surface area contributed by atoms with Gasteiger partial charge in [-0.25, -0.2) is 66.9 Å². The number of aryl methyl sites for hydroxylation is 2. The number of nitrogens with zero attached hydrogens (tertiary/aromatic N) is 10. The van der Waals surface area contributed by atoms with Gasteiger partial charge in [0.1, 0.15) is 97.4 Å². The van der Waals surface area contributed by atoms with Gasteiger partial charge in [-0.1, -0.05) is 72.8 Å². The summed E-state index contributed by atoms with van der Waals surface area (Å²) in [6.45, 7) is -2.92. The van der Waals surface area contributed by atoms with Crippen molar-refractivity contribution >= 4 is 129 Å². The Morgan fingerprint density at radius 2 is 0.576 bits per heavy atom. The summed E-state index contributed by atoms with van der Waals surface area (Å²) < 4.78 is 177. The molecule has 18 atom stereocenters. The Balaban J connectivity index is 0.590. The molecule has 54 nitrogen and oxygen atoms in total. The van der Waals surface area contributed by atoms with Crippen LogP contribution in [0.15, 0.2) is 154 Å². The fourth-order valence-electron chi connectivity index (χ4n) is 15.4. The van der Waals surface area contributed by atoms with Crippen LogP contribution in [0.25, 0.3) is 46.6 Å². The Morgan fingerprint density at radius 1 is 0.326 bits per heavy atom. The average molecular weight is 2120 g/mol. The van der Waals surface area contributed by atoms with Crippen LogP contribution < -0.4 is 55.2 Å². The third-order valence-corrected chi connectivity index (χ3v) is 28.9. The second-order valence-electron chi connectivity index (χ2n) is 33.1. The van der Waals surface area contributed by atoms with Crippen molar-refractivity contribution < 1.29 is 149 Å². The first-order chi connectivity index (χ1) is 68.6. The summed E-state index contributed by atoms with van der Waals surface area (Å²) >= 11 is 0. The number of nitrogens with one attached hydrogen (secondary N) is 6. The van der Waals surface area contributed by atoms with Crippen molar-refractivity contribution in [3.8, 4) is 0 Å². The predicted molar refractivity (Wildman–Crippen MR) is 503 cm³/mol. The highest BCUT2D eigenvalue weighted by molar-refractivity contribution is 7.48. The Morgan fingerprint density at radius 3 is 0.854 bits per heavy atom. The molecular weight excluding hydrogens is 2020 g/mol. The van der Waals surface area contributed by atoms with Gasteiger partial charge in [-0.15, -0.1) is 0 Å². The summed E-state index contributed by atoms with van der Waals surface area (Å²) in [6.07, 6.45) is -4.65. The molecule has 772 valence electrons. The monoisotopic (exact) mass is 2120 g/mol. The van der Waals surface area contributed by atoms with Gasteiger partial charge < -0.3 is 81.0 Å². The lowest BCUT2D eigenvalue weighted by molar-refractivity contribution is -0.0577. The number of benzene rings is 4. The predicted octanol–water partition coefficient (Wildman–Crippen LogP) is 6.21. The largest absolute Gasteiger partial charge is 0.472 e. The number of phosphoric acid groups is 6. The van der Waals surface area contributed by atoms with Gasteiger partial charge in [0.15, 0.2) is 22.9 Å². The number of anilines is 2. The van der Waals surface area contributed by atoms with Crippen molar-refractivity contribution in [1.29, 1.82) is 0 Å². The van der Waals surface area contributed by atoms with E-state index in [1.807, 2.05) is 0 Å². The van der Waals surface area contributed by atoms with Gasteiger partial charge in [0.05, 0.1) is 65.5 Å². The van der Waals surface area contributed by atoms with Crippen molar-refractivity contribution in [2.45, 2.75) is 139 Å². The number of nitrogen functional groups attached to an aromatic ring is 2. The maximum atomic E-state index is 14.2. The van der Waals surface area contributed by atoms with Gasteiger partial charge in [0.25, 0.3) is 34.7 Å². The molecule has 0 spiro atoms. The standard InChI is InChI=1S/C84H100N18O36P6/c1-49-39-99(83(109)97-77(49)103)67-35-59-65(132-67)43-129-143(119,120)137-60-36-68(100-40-50(2)78(104)98-84(100)110)131-63(60)41-127-139(111,112)123-31-3-27-87-79(105)55-19-11-51(12-20-55)8-10-54-17-25-58(26-18-54)82(108)90-30-6-34-126-142(117,118)136-61-37-69(101-47-95-71-73(85)91-45-93-75(71)101)134-66(61)44-130-144(121,122)138-62-38-70(102-48-96-72-74(86)92-46-94-76(72)102)133-64(62)42-128-140(113,114)124-32-4-28-88-80(106)56-21-13-52(14-22-56)7-9-53-15-23-57(24-16-53)81(107)89-29-5-33-125-141(115,116)135-59/h7-26,39-40,45-48,59-70H,3-6,27-38,41-44H2,1-2H3,(H,87,105)(H,88,106)(H,89,107)(H,90,108)(H,111,112)(H,113,114)(H,115,116)(H,117,118)(H,119,120)(H,121,122)(H2,85,91,93)(H2,86,92,94)(H,97,103,109)(H,98,104,110)/t59-,60-,61-,62-,63+,64+,65+,66+,67+,68+,69+,70+/m0/s1. The quantitative estimate of drug-likeness (QED) is 0.0871. The zero-order chi connectivity index (χ0) is 102. The average Bonchev–Trinajstić information content (AvgIpc) is 1.63. The molecule has 4 saturated heterocycles. The number of aromatic amines is 2. The highest BCUT2D eigenvalue weighted by Gasteiger charge is 2.50. The molecule has 4 fully saturated rings. The SMILES string of the molecule is Cc1cn([C@H]2C[C@@H]3OP(=O)(O)OC[C@H]4O[C@@H](n5cc(C)c(=O)[nH]c5=O)C[C@@H]4OP(=O)(O)OCCCNC(=O)c4ccc(cc4)C=Cc4ccc(cc4)C(=O)NCCCOP(=O)(O)OC[C@H]4O[C@@H](n5cnc6c(N)ncnc65)C[C@@H]4OP(=O)(O)OC[C@H]4O[C@@H](n5cnc6c(N)ncnc65)C[C@@H]4OP(=O)(O)OCCCNC(=O)c4ccc(cc4)C=Cc4ccc(cc4)C(=O)NCCCOP(=O)(O)OC[C@H]3O2)c(=O)[nH]c1=O. The third-order valence-electron chi connectivity index (χ3n) is 22.8. The number of carbonyl (C=O) groups excluding carboxylic acids is 4. The number of amides is 4. The van der Waals surface area contributed by atoms with Crippen LogP contribution in [0.3, 0.4) is 0 Å². The molecule has 0 radical (unpaired) electrons. The lowest BCUT2D eigenvalue weighted by Crippen LogP contribution is -2.33. The van der Waals surface area contributed by atoms with E-state index in [0.29, 0.717) is 22.3 Å². The molecule has 0 aliphatic carbocycles. The fraction of sp³-hybridized carbons (Fsp3) is 0.405. The van der Waals surface area contributed by atoms with Crippen LogP contribution in [0.4, 0.5) is 11.6 Å². The minimum absolute atomic E-state index is 0.00468. The van der Waals surface area contributed by atoms with Crippen LogP contribution in [-0.4, -0.2) is 239 Å². The van der Waals surface area contributed by atoms with Crippen LogP contribution in [0.5, 0.6) is 0 Å². The van der Waals surface area contributed by atoms with E-state index in [1.165, 1.54) is 42.0 Å². The number of phosphoric ester groups is 6. The Labute approximate surface area is 815 Å². The molecule has 60 heteroatoms. The first-order valence-corrected chi connectivity index (χ1v) is 53.5. The summed E-state index contributed by atoms with van der Waals surface area (Å²) in [7, 11) is -31.0. The normalized spacial score (nSPS) is 29.9. The van der Waals surface area contributed by atoms with Gasteiger partial charge in [0, 0.05) is 97.6 Å². The number of carbonyl (C=O) groups is 4. The topological polar surface area (TPSA) is 737 Å². The van der Waals surface area contributed by atoms with E-state index in [9.17, 15) is 95.1 Å². The van der Waals surface area contributed by atoms with Crippen LogP contribution in [-0.2, 0) is 101 Å². The van der Waals surface area contributed by atoms with Crippen LogP contribution in [0.1, 0.15) is 151 Å². The van der Waals surface area contributed by atoms with E-state index in [2.05, 4.69) is 61.1 Å². The zero-order valence-corrected chi connectivity index (χ0v) is 81.7. The second kappa shape index (κ2) is 47.1. The number of rotatable bonds is 4. The molecule has 11 aliphatic heterocycles. The molecule has 10 aromatic rings. The van der Waals surface area contributed by atoms with Crippen LogP contribution >= 0.6 is 46.9 Å². The molecule has 6 unspecified atom stereocenters. The first-order valence-electron chi connectivity index (χ1n) is 44.5. The van der Waals surface area contributed by atoms with Gasteiger partial charge >= 0.3 is 58.3 Å². The maximum absolute atomic E-state index is 14.2. The Hall–Kier alpha value is -11.2. The third kappa shape index (κ3) is 28.8. The van der Waals surface area contributed by atoms with Crippen molar-refractivity contribution in [2.75, 3.05) is 90.5 Å². The number of nitrogens with two attached hydrogens (primary N) is 2. The number of fused-ring (bicyclic) bond motifs is 2. The highest BCUT2D eigenvalue weighted by Crippen LogP contribution is 2.56. The summed E-state index contributed by atoms with van der Waals surface area (Å²) in [5, 5.41) is 10.8. The molecule has 4 aromatic carbocycles. The van der Waals surface area contributed by atoms with Crippen molar-refractivity contribution in [3.05, 3.63) is 232 Å². The zero-order valence-electron chi connectivity index (χ0n) is 76.3. The lowest BCUT2D eigenvalue weighted by Gasteiger charge is -2.24. The lowest BCUT2D eigenvalue weighted by atomic mass is 10.1. The number of ether oxygens (including phenoxy) is 4. The molecule has 144 heavy (non-hydrogen) atoms. The minimum Gasteiger partial charge on any atom is -0.382 e. The van der Waals surface area contributed by atoms with E-state index in [4.69, 9.17) is 84.7 Å². The molecular formula is C84H100N18O36P6. The molecule has 6 aromatic heterocycles. The number of aromatic nitrogens is 12.